The van der Waals surface area contributed by atoms with Crippen molar-refractivity contribution in [2.45, 2.75) is 52.6 Å². The normalized spacial score (nSPS) is 15.7. The fraction of sp³-hybridized carbons (Fsp3) is 0.583. The van der Waals surface area contributed by atoms with Crippen molar-refractivity contribution in [1.29, 1.82) is 0 Å². The average molecular weight is 431 g/mol. The van der Waals surface area contributed by atoms with E-state index >= 15 is 0 Å². The van der Waals surface area contributed by atoms with Crippen molar-refractivity contribution in [2.75, 3.05) is 39.4 Å². The van der Waals surface area contributed by atoms with Crippen molar-refractivity contribution in [3.05, 3.63) is 39.7 Å². The number of hydrogen-bond acceptors (Lipinski definition) is 6. The Morgan fingerprint density at radius 3 is 2.74 bits per heavy atom. The van der Waals surface area contributed by atoms with Crippen LogP contribution >= 0.6 is 0 Å². The largest absolute Gasteiger partial charge is 0.480 e. The van der Waals surface area contributed by atoms with E-state index < -0.39 is 6.10 Å². The number of rotatable bonds is 10. The minimum Gasteiger partial charge on any atom is -0.480 e. The van der Waals surface area contributed by atoms with Crippen molar-refractivity contribution in [3.63, 3.8) is 0 Å². The number of aryl methyl sites for hydroxylation is 2. The lowest BCUT2D eigenvalue weighted by Gasteiger charge is -2.26. The quantitative estimate of drug-likeness (QED) is 0.461. The van der Waals surface area contributed by atoms with Gasteiger partial charge in [0.1, 0.15) is 11.3 Å². The van der Waals surface area contributed by atoms with E-state index in [9.17, 15) is 9.59 Å². The molecule has 170 valence electrons. The summed E-state index contributed by atoms with van der Waals surface area (Å²) in [6.45, 7) is 10.8. The fourth-order valence-corrected chi connectivity index (χ4v) is 3.85. The Labute approximate surface area is 183 Å². The number of unbranched alkanes of at least 4 members (excludes halogenated alkanes) is 1. The summed E-state index contributed by atoms with van der Waals surface area (Å²) in [7, 11) is 0. The van der Waals surface area contributed by atoms with Gasteiger partial charge in [-0.1, -0.05) is 13.3 Å². The number of benzene rings is 1. The summed E-state index contributed by atoms with van der Waals surface area (Å²) in [5, 5.41) is 3.75. The third-order valence-electron chi connectivity index (χ3n) is 5.56. The molecule has 7 nitrogen and oxygen atoms in total. The smallest absolute Gasteiger partial charge is 0.336 e. The molecule has 0 spiro atoms. The highest BCUT2D eigenvalue weighted by Crippen LogP contribution is 2.31. The highest BCUT2D eigenvalue weighted by Gasteiger charge is 2.19. The van der Waals surface area contributed by atoms with E-state index in [0.29, 0.717) is 17.9 Å². The van der Waals surface area contributed by atoms with Crippen LogP contribution in [0.1, 0.15) is 44.2 Å². The lowest BCUT2D eigenvalue weighted by atomic mass is 10.0. The van der Waals surface area contributed by atoms with Gasteiger partial charge in [-0.3, -0.25) is 9.69 Å². The van der Waals surface area contributed by atoms with E-state index in [4.69, 9.17) is 13.9 Å². The molecule has 1 aliphatic rings. The summed E-state index contributed by atoms with van der Waals surface area (Å²) in [5.74, 6) is 0.435. The second-order valence-electron chi connectivity index (χ2n) is 8.19. The average Bonchev–Trinajstić information content (AvgIpc) is 2.74. The molecule has 0 bridgehead atoms. The van der Waals surface area contributed by atoms with Crippen molar-refractivity contribution in [2.24, 2.45) is 0 Å². The zero-order chi connectivity index (χ0) is 22.2. The van der Waals surface area contributed by atoms with E-state index in [1.807, 2.05) is 19.1 Å². The molecule has 1 N–H and O–H groups in total. The first-order chi connectivity index (χ1) is 15.0. The van der Waals surface area contributed by atoms with Crippen molar-refractivity contribution >= 4 is 16.9 Å². The molecule has 0 radical (unpaired) electrons. The van der Waals surface area contributed by atoms with Gasteiger partial charge >= 0.3 is 5.63 Å². The third kappa shape index (κ3) is 6.55. The summed E-state index contributed by atoms with van der Waals surface area (Å²) in [6.07, 6.45) is 2.98. The number of carbonyl (C=O) groups is 1. The summed E-state index contributed by atoms with van der Waals surface area (Å²) < 4.78 is 16.9. The monoisotopic (exact) mass is 430 g/mol. The topological polar surface area (TPSA) is 81.0 Å². The molecular formula is C24H34N2O5. The van der Waals surface area contributed by atoms with Crippen LogP contribution in [0.4, 0.5) is 0 Å². The van der Waals surface area contributed by atoms with Gasteiger partial charge < -0.3 is 19.2 Å². The molecule has 0 aliphatic carbocycles. The number of morpholine rings is 1. The first-order valence-electron chi connectivity index (χ1n) is 11.3. The van der Waals surface area contributed by atoms with Crippen molar-refractivity contribution in [1.82, 2.24) is 10.2 Å². The maximum absolute atomic E-state index is 12.6. The summed E-state index contributed by atoms with van der Waals surface area (Å²) in [4.78, 5) is 26.9. The van der Waals surface area contributed by atoms with Gasteiger partial charge in [-0.05, 0) is 62.9 Å². The van der Waals surface area contributed by atoms with Gasteiger partial charge in [0.15, 0.2) is 6.10 Å². The van der Waals surface area contributed by atoms with E-state index in [0.717, 1.165) is 75.0 Å². The summed E-state index contributed by atoms with van der Waals surface area (Å²) in [6, 6.07) is 5.28. The molecule has 2 aromatic rings. The molecule has 1 aromatic heterocycles. The maximum atomic E-state index is 12.6. The minimum atomic E-state index is -0.653. The predicted octanol–water partition coefficient (Wildman–Crippen LogP) is 3.05. The molecule has 1 aromatic carbocycles. The molecule has 7 heteroatoms. The van der Waals surface area contributed by atoms with Crippen LogP contribution in [0.3, 0.4) is 0 Å². The Morgan fingerprint density at radius 2 is 2.00 bits per heavy atom. The van der Waals surface area contributed by atoms with Crippen molar-refractivity contribution < 1.29 is 18.7 Å². The van der Waals surface area contributed by atoms with Crippen LogP contribution in [-0.2, 0) is 16.0 Å². The van der Waals surface area contributed by atoms with Gasteiger partial charge in [-0.2, -0.15) is 0 Å². The molecule has 31 heavy (non-hydrogen) atoms. The highest BCUT2D eigenvalue weighted by molar-refractivity contribution is 5.88. The van der Waals surface area contributed by atoms with Gasteiger partial charge in [-0.15, -0.1) is 0 Å². The molecule has 2 heterocycles. The third-order valence-corrected chi connectivity index (χ3v) is 5.56. The van der Waals surface area contributed by atoms with Gasteiger partial charge in [0.2, 0.25) is 0 Å². The lowest BCUT2D eigenvalue weighted by molar-refractivity contribution is -0.127. The Kier molecular flexibility index (Phi) is 8.49. The van der Waals surface area contributed by atoms with E-state index in [2.05, 4.69) is 17.1 Å². The SMILES string of the molecule is CCCCc1cc(=O)oc2cc(C)cc(OC(C)C(=O)NCCCN3CCOCC3)c12. The summed E-state index contributed by atoms with van der Waals surface area (Å²) >= 11 is 0. The number of nitrogens with zero attached hydrogens (tertiary/aromatic N) is 1. The number of carbonyl (C=O) groups excluding carboxylic acids is 1. The second kappa shape index (κ2) is 11.3. The zero-order valence-corrected chi connectivity index (χ0v) is 18.9. The van der Waals surface area contributed by atoms with E-state index in [1.165, 1.54) is 6.07 Å². The van der Waals surface area contributed by atoms with Crippen LogP contribution in [0.2, 0.25) is 0 Å². The minimum absolute atomic E-state index is 0.149. The molecule has 1 fully saturated rings. The fourth-order valence-electron chi connectivity index (χ4n) is 3.85. The van der Waals surface area contributed by atoms with Crippen LogP contribution in [0.15, 0.2) is 27.4 Å². The number of nitrogens with one attached hydrogen (secondary N) is 1. The molecule has 0 saturated carbocycles. The van der Waals surface area contributed by atoms with Crippen LogP contribution in [-0.4, -0.2) is 56.3 Å². The second-order valence-corrected chi connectivity index (χ2v) is 8.19. The maximum Gasteiger partial charge on any atom is 0.336 e. The highest BCUT2D eigenvalue weighted by atomic mass is 16.5. The summed E-state index contributed by atoms with van der Waals surface area (Å²) in [5.41, 5.74) is 1.96. The van der Waals surface area contributed by atoms with E-state index in [1.54, 1.807) is 6.92 Å². The van der Waals surface area contributed by atoms with Crippen molar-refractivity contribution in [3.8, 4) is 5.75 Å². The van der Waals surface area contributed by atoms with E-state index in [-0.39, 0.29) is 11.5 Å². The predicted molar refractivity (Wildman–Crippen MR) is 121 cm³/mol. The first-order valence-corrected chi connectivity index (χ1v) is 11.3. The number of ether oxygens (including phenoxy) is 2. The molecule has 1 amide bonds. The van der Waals surface area contributed by atoms with Crippen LogP contribution in [0, 0.1) is 6.92 Å². The molecule has 3 rings (SSSR count). The lowest BCUT2D eigenvalue weighted by Crippen LogP contribution is -2.40. The first kappa shape index (κ1) is 23.3. The van der Waals surface area contributed by atoms with Gasteiger partial charge in [0.25, 0.3) is 5.91 Å². The Hall–Kier alpha value is -2.38. The molecule has 1 aliphatic heterocycles. The Morgan fingerprint density at radius 1 is 1.23 bits per heavy atom. The van der Waals surface area contributed by atoms with Crippen LogP contribution < -0.4 is 15.7 Å². The van der Waals surface area contributed by atoms with Crippen LogP contribution in [0.25, 0.3) is 11.0 Å². The Balaban J connectivity index is 1.65. The number of fused-ring (bicyclic) bond motifs is 1. The van der Waals surface area contributed by atoms with Gasteiger partial charge in [-0.25, -0.2) is 4.79 Å². The Bertz CT molecular complexity index is 933. The number of hydrogen-bond donors (Lipinski definition) is 1. The number of amides is 1. The molecule has 1 unspecified atom stereocenters. The molecule has 1 saturated heterocycles. The molecular weight excluding hydrogens is 396 g/mol. The van der Waals surface area contributed by atoms with Gasteiger partial charge in [0, 0.05) is 25.7 Å². The van der Waals surface area contributed by atoms with Crippen LogP contribution in [0.5, 0.6) is 5.75 Å². The zero-order valence-electron chi connectivity index (χ0n) is 18.9. The van der Waals surface area contributed by atoms with Gasteiger partial charge in [0.05, 0.1) is 18.6 Å². The molecule has 1 atom stereocenters. The standard InChI is InChI=1S/C24H34N2O5/c1-4-5-7-19-16-22(27)31-21-15-17(2)14-20(23(19)21)30-18(3)24(28)25-8-6-9-26-10-12-29-13-11-26/h14-16,18H,4-13H2,1-3H3,(H,25,28).